The molecule has 0 saturated carbocycles. The van der Waals surface area contributed by atoms with Crippen molar-refractivity contribution in [3.05, 3.63) is 0 Å². The Bertz CT molecular complexity index is 47.0. The molecular weight excluding hydrogens is 280 g/mol. The summed E-state index contributed by atoms with van der Waals surface area (Å²) >= 11 is 0. The smallest absolute Gasteiger partial charge is 0.106 e. The molecule has 0 aromatic heterocycles. The molecule has 0 aromatic carbocycles. The molecule has 0 amide bonds. The van der Waals surface area contributed by atoms with Crippen LogP contribution in [-0.2, 0) is 38.7 Å². The average Bonchev–Trinajstić information content (AvgIpc) is 2.16. The Morgan fingerprint density at radius 1 is 0.615 bits per heavy atom. The van der Waals surface area contributed by atoms with Crippen LogP contribution in [0.15, 0.2) is 0 Å². The monoisotopic (exact) mass is 298 g/mol. The van der Waals surface area contributed by atoms with E-state index in [0.717, 1.165) is 0 Å². The van der Waals surface area contributed by atoms with E-state index in [1.807, 2.05) is 27.2 Å². The maximum absolute atomic E-state index is 8.00. The average molecular weight is 297 g/mol. The van der Waals surface area contributed by atoms with Crippen LogP contribution in [0.2, 0.25) is 0 Å². The first-order chi connectivity index (χ1) is 5.73. The molecule has 4 nitrogen and oxygen atoms in total. The predicted molar refractivity (Wildman–Crippen MR) is 53.2 cm³/mol. The third-order valence-corrected chi connectivity index (χ3v) is 0. The summed E-state index contributed by atoms with van der Waals surface area (Å²) in [4.78, 5) is 32.0. The van der Waals surface area contributed by atoms with Crippen molar-refractivity contribution in [1.29, 1.82) is 0 Å². The largest absolute Gasteiger partial charge is 0.307 e. The number of carbonyl (C=O) groups is 4. The van der Waals surface area contributed by atoms with Crippen LogP contribution < -0.4 is 0 Å². The molecule has 0 bridgehead atoms. The molecule has 0 unspecified atom stereocenters. The van der Waals surface area contributed by atoms with Crippen molar-refractivity contribution in [3.63, 3.8) is 0 Å². The van der Waals surface area contributed by atoms with Crippen LogP contribution in [0.5, 0.6) is 0 Å². The van der Waals surface area contributed by atoms with Gasteiger partial charge < -0.3 is 19.2 Å². The summed E-state index contributed by atoms with van der Waals surface area (Å²) in [7, 11) is 0.380. The minimum Gasteiger partial charge on any atom is -0.307 e. The summed E-state index contributed by atoms with van der Waals surface area (Å²) in [6.07, 6.45) is 0. The Morgan fingerprint density at radius 3 is 0.615 bits per heavy atom. The summed E-state index contributed by atoms with van der Waals surface area (Å²) in [5.41, 5.74) is 0. The Morgan fingerprint density at radius 2 is 0.615 bits per heavy atom. The van der Waals surface area contributed by atoms with Crippen molar-refractivity contribution in [2.75, 3.05) is 20.0 Å². The van der Waals surface area contributed by atoms with E-state index in [4.69, 9.17) is 19.2 Å². The zero-order valence-electron chi connectivity index (χ0n) is 8.26. The van der Waals surface area contributed by atoms with Crippen LogP contribution in [0, 0.1) is 0 Å². The van der Waals surface area contributed by atoms with Gasteiger partial charge in [0.2, 0.25) is 0 Å². The van der Waals surface area contributed by atoms with Crippen molar-refractivity contribution in [2.45, 2.75) is 0 Å². The van der Waals surface area contributed by atoms with Gasteiger partial charge in [-0.2, -0.15) is 0 Å². The standard InChI is InChI=1S/C3H9P.4CH2O.Ru/c1-4(2)3;4*1-2;/h1-3H3;4*1H2;. The van der Waals surface area contributed by atoms with Gasteiger partial charge in [0, 0.05) is 19.5 Å². The summed E-state index contributed by atoms with van der Waals surface area (Å²) in [5.74, 6) is 0. The third-order valence-electron chi connectivity index (χ3n) is 0. The van der Waals surface area contributed by atoms with Crippen molar-refractivity contribution < 1.29 is 38.7 Å². The van der Waals surface area contributed by atoms with Crippen molar-refractivity contribution in [1.82, 2.24) is 0 Å². The van der Waals surface area contributed by atoms with Gasteiger partial charge in [0.25, 0.3) is 0 Å². The first kappa shape index (κ1) is 38.7. The summed E-state index contributed by atoms with van der Waals surface area (Å²) < 4.78 is 0. The first-order valence-electron chi connectivity index (χ1n) is 2.50. The first-order valence-corrected chi connectivity index (χ1v) is 5.18. The van der Waals surface area contributed by atoms with Crippen LogP contribution in [0.1, 0.15) is 0 Å². The minimum absolute atomic E-state index is 0. The maximum Gasteiger partial charge on any atom is 0.106 e. The topological polar surface area (TPSA) is 68.3 Å². The van der Waals surface area contributed by atoms with Crippen molar-refractivity contribution in [3.8, 4) is 0 Å². The maximum atomic E-state index is 8.00. The number of carbonyl (C=O) groups excluding carboxylic acids is 4. The summed E-state index contributed by atoms with van der Waals surface area (Å²) in [5, 5.41) is 0. The number of rotatable bonds is 0. The molecule has 0 aromatic rings. The fourth-order valence-electron chi connectivity index (χ4n) is 0. The molecular formula is C7H17O4PRu. The molecule has 82 valence electrons. The van der Waals surface area contributed by atoms with E-state index in [9.17, 15) is 0 Å². The fraction of sp³-hybridized carbons (Fsp3) is 0.429. The van der Waals surface area contributed by atoms with Crippen LogP contribution in [0.4, 0.5) is 0 Å². The van der Waals surface area contributed by atoms with Crippen LogP contribution in [0.3, 0.4) is 0 Å². The van der Waals surface area contributed by atoms with Crippen LogP contribution >= 0.6 is 7.92 Å². The molecule has 0 aliphatic carbocycles. The van der Waals surface area contributed by atoms with Gasteiger partial charge in [-0.25, -0.2) is 0 Å². The Labute approximate surface area is 94.0 Å². The minimum atomic E-state index is 0. The molecule has 0 spiro atoms. The summed E-state index contributed by atoms with van der Waals surface area (Å²) in [6.45, 7) is 14.7. The zero-order chi connectivity index (χ0) is 11.6. The molecule has 0 saturated heterocycles. The van der Waals surface area contributed by atoms with E-state index in [0.29, 0.717) is 7.92 Å². The predicted octanol–water partition coefficient (Wildman–Crippen LogP) is 0.616. The van der Waals surface area contributed by atoms with E-state index >= 15 is 0 Å². The fourth-order valence-corrected chi connectivity index (χ4v) is 0. The molecule has 0 radical (unpaired) electrons. The van der Waals surface area contributed by atoms with Crippen LogP contribution in [0.25, 0.3) is 0 Å². The molecule has 0 atom stereocenters. The van der Waals surface area contributed by atoms with Gasteiger partial charge in [-0.15, -0.1) is 7.92 Å². The third kappa shape index (κ3) is 15600. The molecule has 0 heterocycles. The molecule has 13 heavy (non-hydrogen) atoms. The Balaban J connectivity index is -0.0000000122. The van der Waals surface area contributed by atoms with Gasteiger partial charge in [-0.1, -0.05) is 0 Å². The normalized spacial score (nSPS) is 4.00. The van der Waals surface area contributed by atoms with Gasteiger partial charge in [0.1, 0.15) is 27.2 Å². The number of hydrogen-bond acceptors (Lipinski definition) is 4. The second-order valence-electron chi connectivity index (χ2n) is 1.34. The van der Waals surface area contributed by atoms with Crippen molar-refractivity contribution in [2.24, 2.45) is 0 Å². The van der Waals surface area contributed by atoms with E-state index < -0.39 is 0 Å². The van der Waals surface area contributed by atoms with Crippen molar-refractivity contribution >= 4 is 35.1 Å². The molecule has 0 N–H and O–H groups in total. The van der Waals surface area contributed by atoms with E-state index in [1.165, 1.54) is 0 Å². The molecule has 0 rings (SSSR count). The molecule has 0 aliphatic heterocycles. The summed E-state index contributed by atoms with van der Waals surface area (Å²) in [6, 6.07) is 0. The molecule has 0 fully saturated rings. The van der Waals surface area contributed by atoms with E-state index in [1.54, 1.807) is 0 Å². The Hall–Kier alpha value is -0.267. The molecule has 0 aliphatic rings. The van der Waals surface area contributed by atoms with Gasteiger partial charge in [0.15, 0.2) is 0 Å². The second kappa shape index (κ2) is 181. The van der Waals surface area contributed by atoms with Gasteiger partial charge in [-0.05, 0) is 20.0 Å². The van der Waals surface area contributed by atoms with Gasteiger partial charge >= 0.3 is 0 Å². The van der Waals surface area contributed by atoms with Crippen LogP contribution in [-0.4, -0.2) is 47.2 Å². The quantitative estimate of drug-likeness (QED) is 0.485. The molecule has 6 heteroatoms. The second-order valence-corrected chi connectivity index (χ2v) is 4.02. The van der Waals surface area contributed by atoms with Gasteiger partial charge in [-0.3, -0.25) is 0 Å². The zero-order valence-corrected chi connectivity index (χ0v) is 10.9. The SMILES string of the molecule is C=O.C=O.C=O.C=O.CP(C)C.[Ru]. The van der Waals surface area contributed by atoms with E-state index in [2.05, 4.69) is 20.0 Å². The number of hydrogen-bond donors (Lipinski definition) is 0. The van der Waals surface area contributed by atoms with E-state index in [-0.39, 0.29) is 19.5 Å². The van der Waals surface area contributed by atoms with Gasteiger partial charge in [0.05, 0.1) is 0 Å². The Kier molecular flexibility index (Phi) is 538.